The van der Waals surface area contributed by atoms with E-state index in [0.29, 0.717) is 5.56 Å². The molecule has 0 bridgehead atoms. The third-order valence-corrected chi connectivity index (χ3v) is 3.21. The predicted molar refractivity (Wildman–Crippen MR) is 82.2 cm³/mol. The standard InChI is InChI=1S/C16H19N3O4/c20-14(15(21)13-8-17-11-18-9-13)6-7-19-16(22)23-10-12-4-2-1-3-5-12/h1-5,8-9,11,14-15,20-21H,6-7,10H2,(H,19,22). The molecule has 0 radical (unpaired) electrons. The van der Waals surface area contributed by atoms with E-state index in [0.717, 1.165) is 5.56 Å². The highest BCUT2D eigenvalue weighted by molar-refractivity contribution is 5.67. The van der Waals surface area contributed by atoms with Crippen LogP contribution in [-0.4, -0.2) is 38.9 Å². The number of ether oxygens (including phenoxy) is 1. The van der Waals surface area contributed by atoms with Gasteiger partial charge in [0, 0.05) is 24.5 Å². The fourth-order valence-corrected chi connectivity index (χ4v) is 1.94. The zero-order chi connectivity index (χ0) is 16.5. The summed E-state index contributed by atoms with van der Waals surface area (Å²) in [5.74, 6) is 0. The van der Waals surface area contributed by atoms with Crippen molar-refractivity contribution in [2.75, 3.05) is 6.54 Å². The first-order chi connectivity index (χ1) is 11.2. The highest BCUT2D eigenvalue weighted by Gasteiger charge is 2.18. The molecule has 1 aromatic heterocycles. The zero-order valence-corrected chi connectivity index (χ0v) is 12.5. The smallest absolute Gasteiger partial charge is 0.407 e. The van der Waals surface area contributed by atoms with Crippen LogP contribution in [0.1, 0.15) is 23.7 Å². The van der Waals surface area contributed by atoms with Crippen LogP contribution in [0.25, 0.3) is 0 Å². The van der Waals surface area contributed by atoms with Crippen molar-refractivity contribution in [3.63, 3.8) is 0 Å². The van der Waals surface area contributed by atoms with E-state index in [1.54, 1.807) is 0 Å². The van der Waals surface area contributed by atoms with Crippen molar-refractivity contribution in [1.29, 1.82) is 0 Å². The van der Waals surface area contributed by atoms with Crippen LogP contribution in [-0.2, 0) is 11.3 Å². The van der Waals surface area contributed by atoms with Crippen LogP contribution in [0.2, 0.25) is 0 Å². The number of benzene rings is 1. The van der Waals surface area contributed by atoms with Crippen LogP contribution < -0.4 is 5.32 Å². The van der Waals surface area contributed by atoms with Gasteiger partial charge in [-0.05, 0) is 12.0 Å². The molecule has 1 heterocycles. The molecule has 0 spiro atoms. The van der Waals surface area contributed by atoms with Crippen molar-refractivity contribution in [2.45, 2.75) is 25.2 Å². The van der Waals surface area contributed by atoms with Gasteiger partial charge in [0.05, 0.1) is 6.10 Å². The van der Waals surface area contributed by atoms with Gasteiger partial charge in [0.1, 0.15) is 19.0 Å². The first kappa shape index (κ1) is 16.9. The van der Waals surface area contributed by atoms with Gasteiger partial charge in [-0.15, -0.1) is 0 Å². The third-order valence-electron chi connectivity index (χ3n) is 3.21. The third kappa shape index (κ3) is 5.65. The minimum Gasteiger partial charge on any atom is -0.445 e. The van der Waals surface area contributed by atoms with Gasteiger partial charge in [0.25, 0.3) is 0 Å². The lowest BCUT2D eigenvalue weighted by Gasteiger charge is -2.17. The molecule has 0 aliphatic rings. The zero-order valence-electron chi connectivity index (χ0n) is 12.5. The lowest BCUT2D eigenvalue weighted by molar-refractivity contribution is 0.0132. The number of rotatable bonds is 7. The summed E-state index contributed by atoms with van der Waals surface area (Å²) < 4.78 is 5.04. The second kappa shape index (κ2) is 8.82. The van der Waals surface area contributed by atoms with Crippen LogP contribution in [0.3, 0.4) is 0 Å². The highest BCUT2D eigenvalue weighted by Crippen LogP contribution is 2.16. The van der Waals surface area contributed by atoms with E-state index in [9.17, 15) is 15.0 Å². The second-order valence-corrected chi connectivity index (χ2v) is 4.96. The molecule has 23 heavy (non-hydrogen) atoms. The van der Waals surface area contributed by atoms with E-state index in [4.69, 9.17) is 4.74 Å². The van der Waals surface area contributed by atoms with Gasteiger partial charge >= 0.3 is 6.09 Å². The number of amides is 1. The fourth-order valence-electron chi connectivity index (χ4n) is 1.94. The number of nitrogens with one attached hydrogen (secondary N) is 1. The van der Waals surface area contributed by atoms with Gasteiger partial charge in [-0.3, -0.25) is 0 Å². The summed E-state index contributed by atoms with van der Waals surface area (Å²) in [5, 5.41) is 22.4. The maximum absolute atomic E-state index is 11.5. The topological polar surface area (TPSA) is 105 Å². The van der Waals surface area contributed by atoms with Crippen LogP contribution >= 0.6 is 0 Å². The molecule has 1 amide bonds. The van der Waals surface area contributed by atoms with E-state index in [2.05, 4.69) is 15.3 Å². The molecule has 1 aromatic carbocycles. The molecule has 7 nitrogen and oxygen atoms in total. The summed E-state index contributed by atoms with van der Waals surface area (Å²) in [6.45, 7) is 0.360. The Kier molecular flexibility index (Phi) is 6.46. The summed E-state index contributed by atoms with van der Waals surface area (Å²) in [6.07, 6.45) is 1.68. The molecule has 0 fully saturated rings. The molecule has 2 atom stereocenters. The molecule has 122 valence electrons. The lowest BCUT2D eigenvalue weighted by atomic mass is 10.1. The molecule has 0 aliphatic carbocycles. The van der Waals surface area contributed by atoms with Crippen molar-refractivity contribution >= 4 is 6.09 Å². The maximum atomic E-state index is 11.5. The van der Waals surface area contributed by atoms with Gasteiger partial charge in [0.15, 0.2) is 0 Å². The number of carbonyl (C=O) groups is 1. The van der Waals surface area contributed by atoms with Gasteiger partial charge in [-0.1, -0.05) is 30.3 Å². The Morgan fingerprint density at radius 3 is 2.57 bits per heavy atom. The minimum absolute atomic E-state index is 0.177. The van der Waals surface area contributed by atoms with Gasteiger partial charge in [0.2, 0.25) is 0 Å². The summed E-state index contributed by atoms with van der Waals surface area (Å²) in [4.78, 5) is 19.1. The Morgan fingerprint density at radius 1 is 1.17 bits per heavy atom. The maximum Gasteiger partial charge on any atom is 0.407 e. The van der Waals surface area contributed by atoms with Crippen molar-refractivity contribution in [1.82, 2.24) is 15.3 Å². The second-order valence-electron chi connectivity index (χ2n) is 4.96. The summed E-state index contributed by atoms with van der Waals surface area (Å²) in [5.41, 5.74) is 1.31. The number of hydrogen-bond acceptors (Lipinski definition) is 6. The fraction of sp³-hybridized carbons (Fsp3) is 0.312. The van der Waals surface area contributed by atoms with Crippen molar-refractivity contribution in [3.05, 3.63) is 60.2 Å². The van der Waals surface area contributed by atoms with Gasteiger partial charge in [-0.25, -0.2) is 14.8 Å². The molecule has 2 unspecified atom stereocenters. The van der Waals surface area contributed by atoms with Crippen LogP contribution in [0.15, 0.2) is 49.1 Å². The SMILES string of the molecule is O=C(NCCC(O)C(O)c1cncnc1)OCc1ccccc1. The molecule has 2 aromatic rings. The number of alkyl carbamates (subject to hydrolysis) is 1. The highest BCUT2D eigenvalue weighted by atomic mass is 16.5. The monoisotopic (exact) mass is 317 g/mol. The Morgan fingerprint density at radius 2 is 1.87 bits per heavy atom. The van der Waals surface area contributed by atoms with E-state index in [1.165, 1.54) is 18.7 Å². The number of aromatic nitrogens is 2. The summed E-state index contributed by atoms with van der Waals surface area (Å²) >= 11 is 0. The van der Waals surface area contributed by atoms with Crippen LogP contribution in [0.5, 0.6) is 0 Å². The average Bonchev–Trinajstić information content (AvgIpc) is 2.61. The quantitative estimate of drug-likeness (QED) is 0.708. The molecule has 7 heteroatoms. The molecule has 2 rings (SSSR count). The number of aliphatic hydroxyl groups excluding tert-OH is 2. The van der Waals surface area contributed by atoms with Crippen LogP contribution in [0.4, 0.5) is 4.79 Å². The van der Waals surface area contributed by atoms with Crippen molar-refractivity contribution in [2.24, 2.45) is 0 Å². The first-order valence-electron chi connectivity index (χ1n) is 7.22. The van der Waals surface area contributed by atoms with E-state index >= 15 is 0 Å². The Bertz CT molecular complexity index is 595. The molecule has 0 saturated heterocycles. The van der Waals surface area contributed by atoms with Crippen molar-refractivity contribution < 1.29 is 19.7 Å². The number of aliphatic hydroxyl groups is 2. The summed E-state index contributed by atoms with van der Waals surface area (Å²) in [6, 6.07) is 9.32. The van der Waals surface area contributed by atoms with Crippen molar-refractivity contribution in [3.8, 4) is 0 Å². The number of nitrogens with zero attached hydrogens (tertiary/aromatic N) is 2. The molecular weight excluding hydrogens is 298 g/mol. The van der Waals surface area contributed by atoms with E-state index in [-0.39, 0.29) is 19.6 Å². The predicted octanol–water partition coefficient (Wildman–Crippen LogP) is 1.19. The minimum atomic E-state index is -1.10. The van der Waals surface area contributed by atoms with E-state index < -0.39 is 18.3 Å². The Labute approximate surface area is 134 Å². The molecule has 3 N–H and O–H groups in total. The molecule has 0 aliphatic heterocycles. The normalized spacial score (nSPS) is 13.1. The lowest BCUT2D eigenvalue weighted by Crippen LogP contribution is -2.29. The van der Waals surface area contributed by atoms with Gasteiger partial charge in [-0.2, -0.15) is 0 Å². The largest absolute Gasteiger partial charge is 0.445 e. The van der Waals surface area contributed by atoms with E-state index in [1.807, 2.05) is 30.3 Å². The van der Waals surface area contributed by atoms with Crippen LogP contribution in [0, 0.1) is 0 Å². The molecule has 0 saturated carbocycles. The van der Waals surface area contributed by atoms with Gasteiger partial charge < -0.3 is 20.3 Å². The summed E-state index contributed by atoms with van der Waals surface area (Å²) in [7, 11) is 0. The Balaban J connectivity index is 1.67. The first-order valence-corrected chi connectivity index (χ1v) is 7.22. The molecular formula is C16H19N3O4. The average molecular weight is 317 g/mol. The number of hydrogen-bond donors (Lipinski definition) is 3. The Hall–Kier alpha value is -2.51. The number of carbonyl (C=O) groups excluding carboxylic acids is 1.